The minimum absolute atomic E-state index is 0.366. The summed E-state index contributed by atoms with van der Waals surface area (Å²) in [4.78, 5) is 0. The summed E-state index contributed by atoms with van der Waals surface area (Å²) in [5.74, 6) is 0.366. The van der Waals surface area contributed by atoms with Gasteiger partial charge in [-0.2, -0.15) is 0 Å². The first-order chi connectivity index (χ1) is 7.99. The molecule has 0 aliphatic rings. The van der Waals surface area contributed by atoms with Crippen LogP contribution in [0.25, 0.3) is 10.9 Å². The second-order valence-electron chi connectivity index (χ2n) is 4.77. The lowest BCUT2D eigenvalue weighted by molar-refractivity contribution is 0.697. The molecule has 0 amide bonds. The third kappa shape index (κ3) is 1.76. The maximum Gasteiger partial charge on any atom is 0.0527 e. The molecular weight excluding hydrogens is 232 g/mol. The fourth-order valence-electron chi connectivity index (χ4n) is 2.73. The molecule has 0 saturated heterocycles. The van der Waals surface area contributed by atoms with Crippen molar-refractivity contribution in [2.75, 3.05) is 6.54 Å². The number of benzene rings is 1. The maximum absolute atomic E-state index is 6.20. The van der Waals surface area contributed by atoms with Gasteiger partial charge in [0, 0.05) is 35.6 Å². The average molecular weight is 251 g/mol. The van der Waals surface area contributed by atoms with E-state index in [-0.39, 0.29) is 0 Å². The van der Waals surface area contributed by atoms with E-state index in [2.05, 4.69) is 38.5 Å². The molecule has 1 heterocycles. The Morgan fingerprint density at radius 1 is 1.29 bits per heavy atom. The SMILES string of the molecule is Cc1c(C(C)CN)n(C)c2c(C)c(Cl)ccc12. The largest absolute Gasteiger partial charge is 0.347 e. The number of aryl methyl sites for hydroxylation is 3. The lowest BCUT2D eigenvalue weighted by Crippen LogP contribution is -2.13. The molecule has 0 bridgehead atoms. The number of aromatic nitrogens is 1. The highest BCUT2D eigenvalue weighted by atomic mass is 35.5. The lowest BCUT2D eigenvalue weighted by atomic mass is 10.0. The molecule has 2 N–H and O–H groups in total. The Balaban J connectivity index is 2.85. The van der Waals surface area contributed by atoms with Crippen LogP contribution in [0.3, 0.4) is 0 Å². The van der Waals surface area contributed by atoms with E-state index in [4.69, 9.17) is 17.3 Å². The van der Waals surface area contributed by atoms with E-state index in [1.165, 1.54) is 22.2 Å². The van der Waals surface area contributed by atoms with Gasteiger partial charge < -0.3 is 10.3 Å². The second kappa shape index (κ2) is 4.35. The molecule has 0 aliphatic heterocycles. The van der Waals surface area contributed by atoms with Crippen molar-refractivity contribution in [2.24, 2.45) is 12.8 Å². The quantitative estimate of drug-likeness (QED) is 0.869. The van der Waals surface area contributed by atoms with Gasteiger partial charge in [0.2, 0.25) is 0 Å². The van der Waals surface area contributed by atoms with Gasteiger partial charge in [-0.15, -0.1) is 0 Å². The monoisotopic (exact) mass is 250 g/mol. The molecule has 2 aromatic rings. The van der Waals surface area contributed by atoms with E-state index >= 15 is 0 Å². The third-order valence-electron chi connectivity index (χ3n) is 3.67. The van der Waals surface area contributed by atoms with Crippen molar-refractivity contribution in [3.63, 3.8) is 0 Å². The van der Waals surface area contributed by atoms with E-state index in [0.717, 1.165) is 10.6 Å². The van der Waals surface area contributed by atoms with Gasteiger partial charge >= 0.3 is 0 Å². The van der Waals surface area contributed by atoms with E-state index in [9.17, 15) is 0 Å². The number of fused-ring (bicyclic) bond motifs is 1. The van der Waals surface area contributed by atoms with Crippen molar-refractivity contribution in [1.82, 2.24) is 4.57 Å². The highest BCUT2D eigenvalue weighted by molar-refractivity contribution is 6.32. The van der Waals surface area contributed by atoms with Crippen LogP contribution in [0.15, 0.2) is 12.1 Å². The third-order valence-corrected chi connectivity index (χ3v) is 4.08. The van der Waals surface area contributed by atoms with Crippen LogP contribution >= 0.6 is 11.6 Å². The average Bonchev–Trinajstić information content (AvgIpc) is 2.56. The topological polar surface area (TPSA) is 30.9 Å². The summed E-state index contributed by atoms with van der Waals surface area (Å²) < 4.78 is 2.24. The summed E-state index contributed by atoms with van der Waals surface area (Å²) in [6, 6.07) is 4.08. The van der Waals surface area contributed by atoms with Gasteiger partial charge in [0.15, 0.2) is 0 Å². The van der Waals surface area contributed by atoms with Crippen LogP contribution in [-0.4, -0.2) is 11.1 Å². The number of halogens is 1. The van der Waals surface area contributed by atoms with E-state index in [1.807, 2.05) is 6.07 Å². The molecule has 0 saturated carbocycles. The van der Waals surface area contributed by atoms with Crippen LogP contribution in [-0.2, 0) is 7.05 Å². The maximum atomic E-state index is 6.20. The number of hydrogen-bond donors (Lipinski definition) is 1. The molecule has 92 valence electrons. The zero-order chi connectivity index (χ0) is 12.7. The van der Waals surface area contributed by atoms with E-state index < -0.39 is 0 Å². The summed E-state index contributed by atoms with van der Waals surface area (Å²) in [6.45, 7) is 7.06. The molecule has 0 radical (unpaired) electrons. The van der Waals surface area contributed by atoms with Crippen molar-refractivity contribution in [3.05, 3.63) is 34.0 Å². The first-order valence-electron chi connectivity index (χ1n) is 5.93. The van der Waals surface area contributed by atoms with Gasteiger partial charge in [-0.3, -0.25) is 0 Å². The predicted octanol–water partition coefficient (Wildman–Crippen LogP) is 3.51. The number of nitrogens with zero attached hydrogens (tertiary/aromatic N) is 1. The predicted molar refractivity (Wildman–Crippen MR) is 74.9 cm³/mol. The zero-order valence-electron chi connectivity index (χ0n) is 10.8. The van der Waals surface area contributed by atoms with Crippen LogP contribution in [0.4, 0.5) is 0 Å². The normalized spacial score (nSPS) is 13.3. The minimum atomic E-state index is 0.366. The van der Waals surface area contributed by atoms with Crippen LogP contribution in [0.2, 0.25) is 5.02 Å². The minimum Gasteiger partial charge on any atom is -0.347 e. The van der Waals surface area contributed by atoms with Gasteiger partial charge in [-0.1, -0.05) is 24.6 Å². The molecule has 0 aliphatic carbocycles. The molecule has 17 heavy (non-hydrogen) atoms. The highest BCUT2D eigenvalue weighted by Crippen LogP contribution is 2.33. The van der Waals surface area contributed by atoms with Crippen molar-refractivity contribution in [1.29, 1.82) is 0 Å². The summed E-state index contributed by atoms with van der Waals surface area (Å²) in [7, 11) is 2.10. The van der Waals surface area contributed by atoms with E-state index in [0.29, 0.717) is 12.5 Å². The van der Waals surface area contributed by atoms with Crippen LogP contribution < -0.4 is 5.73 Å². The molecule has 2 rings (SSSR count). The fraction of sp³-hybridized carbons (Fsp3) is 0.429. The summed E-state index contributed by atoms with van der Waals surface area (Å²) in [5.41, 5.74) is 10.8. The molecule has 3 heteroatoms. The van der Waals surface area contributed by atoms with Crippen molar-refractivity contribution in [2.45, 2.75) is 26.7 Å². The van der Waals surface area contributed by atoms with Crippen molar-refractivity contribution in [3.8, 4) is 0 Å². The zero-order valence-corrected chi connectivity index (χ0v) is 11.6. The Kier molecular flexibility index (Phi) is 3.19. The first kappa shape index (κ1) is 12.5. The van der Waals surface area contributed by atoms with Crippen LogP contribution in [0.5, 0.6) is 0 Å². The van der Waals surface area contributed by atoms with Crippen molar-refractivity contribution >= 4 is 22.5 Å². The molecular formula is C14H19ClN2. The molecule has 0 fully saturated rings. The Morgan fingerprint density at radius 2 is 1.94 bits per heavy atom. The summed E-state index contributed by atoms with van der Waals surface area (Å²) in [5, 5.41) is 2.11. The number of nitrogens with two attached hydrogens (primary N) is 1. The Morgan fingerprint density at radius 3 is 2.53 bits per heavy atom. The molecule has 2 nitrogen and oxygen atoms in total. The van der Waals surface area contributed by atoms with E-state index in [1.54, 1.807) is 0 Å². The molecule has 1 unspecified atom stereocenters. The second-order valence-corrected chi connectivity index (χ2v) is 5.18. The van der Waals surface area contributed by atoms with Gasteiger partial charge in [0.05, 0.1) is 5.52 Å². The number of hydrogen-bond acceptors (Lipinski definition) is 1. The summed E-state index contributed by atoms with van der Waals surface area (Å²) >= 11 is 6.20. The standard InChI is InChI=1S/C14H19ClN2/c1-8(7-16)13-9(2)11-5-6-12(15)10(3)14(11)17(13)4/h5-6,8H,7,16H2,1-4H3. The molecule has 1 atom stereocenters. The van der Waals surface area contributed by atoms with Crippen LogP contribution in [0.1, 0.15) is 29.7 Å². The van der Waals surface area contributed by atoms with Gasteiger partial charge in [-0.05, 0) is 31.0 Å². The first-order valence-corrected chi connectivity index (χ1v) is 6.30. The number of rotatable bonds is 2. The van der Waals surface area contributed by atoms with Crippen molar-refractivity contribution < 1.29 is 0 Å². The highest BCUT2D eigenvalue weighted by Gasteiger charge is 2.18. The Bertz CT molecular complexity index is 569. The lowest BCUT2D eigenvalue weighted by Gasteiger charge is -2.12. The van der Waals surface area contributed by atoms with Crippen LogP contribution in [0, 0.1) is 13.8 Å². The van der Waals surface area contributed by atoms with Gasteiger partial charge in [0.1, 0.15) is 0 Å². The molecule has 0 spiro atoms. The molecule has 1 aromatic heterocycles. The smallest absolute Gasteiger partial charge is 0.0527 e. The van der Waals surface area contributed by atoms with Gasteiger partial charge in [0.25, 0.3) is 0 Å². The Hall–Kier alpha value is -0.990. The van der Waals surface area contributed by atoms with Gasteiger partial charge in [-0.25, -0.2) is 0 Å². The summed E-state index contributed by atoms with van der Waals surface area (Å²) in [6.07, 6.45) is 0. The molecule has 1 aromatic carbocycles. The fourth-order valence-corrected chi connectivity index (χ4v) is 2.88. The Labute approximate surface area is 107 Å².